The molecule has 4 fully saturated rings. The molecule has 0 saturated carbocycles. The Balaban J connectivity index is 1.25. The van der Waals surface area contributed by atoms with Crippen LogP contribution in [0, 0.1) is 13.8 Å². The lowest BCUT2D eigenvalue weighted by molar-refractivity contribution is -0.0366. The zero-order valence-corrected chi connectivity index (χ0v) is 25.6. The van der Waals surface area contributed by atoms with Crippen molar-refractivity contribution in [1.29, 1.82) is 0 Å². The Kier molecular flexibility index (Phi) is 6.68. The molecule has 4 aliphatic rings. The van der Waals surface area contributed by atoms with Gasteiger partial charge < -0.3 is 18.8 Å². The number of anilines is 1. The van der Waals surface area contributed by atoms with E-state index < -0.39 is 11.8 Å². The van der Waals surface area contributed by atoms with Crippen molar-refractivity contribution in [3.8, 4) is 17.3 Å². The summed E-state index contributed by atoms with van der Waals surface area (Å²) < 4.78 is 34.9. The van der Waals surface area contributed by atoms with Gasteiger partial charge in [0.25, 0.3) is 0 Å². The van der Waals surface area contributed by atoms with Gasteiger partial charge in [-0.25, -0.2) is 13.9 Å². The third-order valence-corrected chi connectivity index (χ3v) is 10.4. The van der Waals surface area contributed by atoms with Crippen LogP contribution in [0.4, 0.5) is 10.2 Å². The van der Waals surface area contributed by atoms with E-state index >= 15 is 0 Å². The molecular weight excluding hydrogens is 563 g/mol. The number of aryl methyl sites for hydroxylation is 2. The highest BCUT2D eigenvalue weighted by Gasteiger charge is 2.49. The minimum atomic E-state index is -0.844. The molecule has 44 heavy (non-hydrogen) atoms. The average molecular weight is 603 g/mol. The fraction of sp³-hybridized carbons (Fsp3) is 0.576. The van der Waals surface area contributed by atoms with E-state index in [2.05, 4.69) is 22.8 Å². The van der Waals surface area contributed by atoms with Gasteiger partial charge in [0.15, 0.2) is 12.0 Å². The summed E-state index contributed by atoms with van der Waals surface area (Å²) in [5.74, 6) is 1.01. The van der Waals surface area contributed by atoms with Crippen LogP contribution in [0.5, 0.6) is 6.01 Å². The van der Waals surface area contributed by atoms with Crippen molar-refractivity contribution in [2.45, 2.75) is 89.7 Å². The lowest BCUT2D eigenvalue weighted by Crippen LogP contribution is -2.47. The number of hydrogen-bond donors (Lipinski definition) is 0. The van der Waals surface area contributed by atoms with E-state index in [4.69, 9.17) is 29.0 Å². The van der Waals surface area contributed by atoms with Gasteiger partial charge in [0.1, 0.15) is 23.9 Å². The van der Waals surface area contributed by atoms with Crippen LogP contribution in [0.2, 0.25) is 0 Å². The molecule has 0 spiro atoms. The molecule has 0 radical (unpaired) electrons. The predicted molar refractivity (Wildman–Crippen MR) is 165 cm³/mol. The highest BCUT2D eigenvalue weighted by atomic mass is 19.1. The summed E-state index contributed by atoms with van der Waals surface area (Å²) in [6.45, 7) is 9.24. The topological polar surface area (TPSA) is 98.8 Å². The van der Waals surface area contributed by atoms with Gasteiger partial charge in [0.2, 0.25) is 0 Å². The number of hydrogen-bond acceptors (Lipinski definition) is 9. The minimum Gasteiger partial charge on any atom is -0.461 e. The molecule has 10 nitrogen and oxygen atoms in total. The standard InChI is InChI=1S/C33H39FN6O4/c1-19-8-9-24-23(16-35-40(24)25-7-4-5-14-42-25)26(19)29-21(3)28-27(31(41)44-29)30(39-13-10-20(39)2)37-32(36-28)43-18-33-11-6-12-38(33)17-22(34)15-33/h8-9,16,20,22,25H,4-7,10-15,17-18H2,1-3H3/t20-,22-,25?,33+/m1/s1. The van der Waals surface area contributed by atoms with Crippen LogP contribution in [0.25, 0.3) is 33.1 Å². The third kappa shape index (κ3) is 4.34. The van der Waals surface area contributed by atoms with Crippen molar-refractivity contribution < 1.29 is 18.3 Å². The molecule has 4 saturated heterocycles. The van der Waals surface area contributed by atoms with Crippen molar-refractivity contribution >= 4 is 27.6 Å². The second-order valence-corrected chi connectivity index (χ2v) is 13.2. The minimum absolute atomic E-state index is 0.113. The summed E-state index contributed by atoms with van der Waals surface area (Å²) in [5, 5.41) is 5.99. The van der Waals surface area contributed by atoms with Crippen LogP contribution < -0.4 is 15.3 Å². The van der Waals surface area contributed by atoms with Gasteiger partial charge in [0, 0.05) is 48.7 Å². The number of fused-ring (bicyclic) bond motifs is 3. The molecule has 4 atom stereocenters. The molecular formula is C33H39FN6O4. The van der Waals surface area contributed by atoms with Crippen LogP contribution in [0.1, 0.15) is 69.2 Å². The Morgan fingerprint density at radius 2 is 2.02 bits per heavy atom. The third-order valence-electron chi connectivity index (χ3n) is 10.4. The number of rotatable bonds is 6. The summed E-state index contributed by atoms with van der Waals surface area (Å²) in [6, 6.07) is 4.54. The first-order valence-electron chi connectivity index (χ1n) is 16.1. The summed E-state index contributed by atoms with van der Waals surface area (Å²) in [4.78, 5) is 27.8. The number of benzene rings is 1. The summed E-state index contributed by atoms with van der Waals surface area (Å²) in [5.41, 5.74) is 3.18. The quantitative estimate of drug-likeness (QED) is 0.285. The number of ether oxygens (including phenoxy) is 2. The van der Waals surface area contributed by atoms with Crippen molar-refractivity contribution in [3.63, 3.8) is 0 Å². The zero-order chi connectivity index (χ0) is 30.2. The smallest absolute Gasteiger partial charge is 0.349 e. The number of halogens is 1. The van der Waals surface area contributed by atoms with Crippen LogP contribution >= 0.6 is 0 Å². The SMILES string of the molecule is Cc1ccc2c(cnn2C2CCCCO2)c1-c1oc(=O)c2c(N3CC[C@H]3C)nc(OC[C@@]34CCCN3C[C@H](F)C4)nc2c1C. The van der Waals surface area contributed by atoms with Gasteiger partial charge in [-0.1, -0.05) is 6.07 Å². The van der Waals surface area contributed by atoms with E-state index in [-0.39, 0.29) is 23.8 Å². The molecule has 3 aromatic heterocycles. The first-order valence-corrected chi connectivity index (χ1v) is 16.1. The van der Waals surface area contributed by atoms with Gasteiger partial charge in [-0.2, -0.15) is 15.1 Å². The Hall–Kier alpha value is -3.57. The molecule has 1 unspecified atom stereocenters. The lowest BCUT2D eigenvalue weighted by atomic mass is 9.95. The fourth-order valence-corrected chi connectivity index (χ4v) is 7.88. The monoisotopic (exact) mass is 602 g/mol. The predicted octanol–water partition coefficient (Wildman–Crippen LogP) is 5.47. The van der Waals surface area contributed by atoms with Gasteiger partial charge in [-0.15, -0.1) is 0 Å². The van der Waals surface area contributed by atoms with Crippen LogP contribution in [0.3, 0.4) is 0 Å². The van der Waals surface area contributed by atoms with E-state index in [1.165, 1.54) is 0 Å². The van der Waals surface area contributed by atoms with Gasteiger partial charge >= 0.3 is 11.6 Å². The van der Waals surface area contributed by atoms with E-state index in [9.17, 15) is 9.18 Å². The Morgan fingerprint density at radius 3 is 2.80 bits per heavy atom. The highest BCUT2D eigenvalue weighted by Crippen LogP contribution is 2.42. The molecule has 0 N–H and O–H groups in total. The largest absolute Gasteiger partial charge is 0.461 e. The van der Waals surface area contributed by atoms with Gasteiger partial charge in [-0.3, -0.25) is 4.90 Å². The second kappa shape index (κ2) is 10.5. The molecule has 4 aromatic rings. The maximum Gasteiger partial charge on any atom is 0.349 e. The van der Waals surface area contributed by atoms with Crippen molar-refractivity contribution in [3.05, 3.63) is 39.9 Å². The van der Waals surface area contributed by atoms with Crippen molar-refractivity contribution in [2.24, 2.45) is 0 Å². The van der Waals surface area contributed by atoms with E-state index in [1.54, 1.807) is 0 Å². The molecule has 0 aliphatic carbocycles. The van der Waals surface area contributed by atoms with Crippen LogP contribution in [-0.2, 0) is 4.74 Å². The van der Waals surface area contributed by atoms with E-state index in [0.717, 1.165) is 85.8 Å². The molecule has 11 heteroatoms. The second-order valence-electron chi connectivity index (χ2n) is 13.2. The average Bonchev–Trinajstić information content (AvgIpc) is 3.69. The summed E-state index contributed by atoms with van der Waals surface area (Å²) in [6.07, 6.45) is 7.35. The van der Waals surface area contributed by atoms with Crippen molar-refractivity contribution in [1.82, 2.24) is 24.6 Å². The summed E-state index contributed by atoms with van der Waals surface area (Å²) in [7, 11) is 0. The summed E-state index contributed by atoms with van der Waals surface area (Å²) >= 11 is 0. The Morgan fingerprint density at radius 1 is 1.14 bits per heavy atom. The molecule has 8 rings (SSSR count). The Labute approximate surface area is 255 Å². The van der Waals surface area contributed by atoms with Gasteiger partial charge in [-0.05, 0) is 77.5 Å². The molecule has 7 heterocycles. The molecule has 0 amide bonds. The van der Waals surface area contributed by atoms with Gasteiger partial charge in [0.05, 0.1) is 22.8 Å². The molecule has 0 bridgehead atoms. The van der Waals surface area contributed by atoms with Crippen molar-refractivity contribution in [2.75, 3.05) is 37.7 Å². The maximum atomic E-state index is 14.5. The Bertz CT molecular complexity index is 1820. The maximum absolute atomic E-state index is 14.5. The fourth-order valence-electron chi connectivity index (χ4n) is 7.88. The number of alkyl halides is 1. The van der Waals surface area contributed by atoms with E-state index in [1.807, 2.05) is 30.8 Å². The number of nitrogens with zero attached hydrogens (tertiary/aromatic N) is 6. The van der Waals surface area contributed by atoms with E-state index in [0.29, 0.717) is 42.1 Å². The lowest BCUT2D eigenvalue weighted by Gasteiger charge is -2.40. The molecule has 4 aliphatic heterocycles. The number of aromatic nitrogens is 4. The first-order chi connectivity index (χ1) is 21.3. The first kappa shape index (κ1) is 27.9. The van der Waals surface area contributed by atoms with Crippen LogP contribution in [0.15, 0.2) is 27.5 Å². The molecule has 1 aromatic carbocycles. The van der Waals surface area contributed by atoms with Crippen LogP contribution in [-0.4, -0.2) is 75.2 Å². The highest BCUT2D eigenvalue weighted by molar-refractivity contribution is 6.00. The normalized spacial score (nSPS) is 27.3. The zero-order valence-electron chi connectivity index (χ0n) is 25.6. The molecule has 232 valence electrons.